The molecule has 2 aromatic carbocycles. The zero-order chi connectivity index (χ0) is 14.7. The summed E-state index contributed by atoms with van der Waals surface area (Å²) >= 11 is 11.1. The van der Waals surface area contributed by atoms with Gasteiger partial charge in [0.2, 0.25) is 0 Å². The second kappa shape index (κ2) is 6.11. The number of rotatable bonds is 4. The summed E-state index contributed by atoms with van der Waals surface area (Å²) in [5.41, 5.74) is 9.40. The number of nitrogens with two attached hydrogens (primary N) is 1. The molecule has 0 fully saturated rings. The SMILES string of the molecule is CN(C)c1ccc(Nc2cc(Cl)ccc2C(N)=S)cc1. The lowest BCUT2D eigenvalue weighted by Crippen LogP contribution is -2.12. The van der Waals surface area contributed by atoms with Crippen molar-refractivity contribution in [2.45, 2.75) is 0 Å². The van der Waals surface area contributed by atoms with Crippen molar-refractivity contribution in [2.24, 2.45) is 5.73 Å². The molecule has 0 saturated heterocycles. The van der Waals surface area contributed by atoms with Gasteiger partial charge >= 0.3 is 0 Å². The second-order valence-corrected chi connectivity index (χ2v) is 5.50. The Morgan fingerprint density at radius 3 is 2.35 bits per heavy atom. The van der Waals surface area contributed by atoms with Gasteiger partial charge < -0.3 is 16.0 Å². The van der Waals surface area contributed by atoms with Gasteiger partial charge in [-0.1, -0.05) is 23.8 Å². The zero-order valence-electron chi connectivity index (χ0n) is 11.4. The molecule has 104 valence electrons. The summed E-state index contributed by atoms with van der Waals surface area (Å²) in [6, 6.07) is 13.5. The van der Waals surface area contributed by atoms with Crippen molar-refractivity contribution in [3.05, 3.63) is 53.1 Å². The van der Waals surface area contributed by atoms with Crippen LogP contribution in [0.25, 0.3) is 0 Å². The Hall–Kier alpha value is -1.78. The number of thiocarbonyl (C=S) groups is 1. The number of benzene rings is 2. The van der Waals surface area contributed by atoms with Gasteiger partial charge in [-0.05, 0) is 42.5 Å². The van der Waals surface area contributed by atoms with E-state index in [1.807, 2.05) is 55.4 Å². The van der Waals surface area contributed by atoms with Gasteiger partial charge in [-0.15, -0.1) is 0 Å². The average molecular weight is 306 g/mol. The van der Waals surface area contributed by atoms with Crippen LogP contribution in [-0.4, -0.2) is 19.1 Å². The third kappa shape index (κ3) is 3.40. The molecule has 0 radical (unpaired) electrons. The van der Waals surface area contributed by atoms with Crippen LogP contribution in [0.4, 0.5) is 17.1 Å². The number of hydrogen-bond acceptors (Lipinski definition) is 3. The van der Waals surface area contributed by atoms with Crippen LogP contribution in [0.2, 0.25) is 5.02 Å². The number of nitrogens with one attached hydrogen (secondary N) is 1. The van der Waals surface area contributed by atoms with E-state index in [-0.39, 0.29) is 0 Å². The maximum Gasteiger partial charge on any atom is 0.106 e. The summed E-state index contributed by atoms with van der Waals surface area (Å²) in [6.45, 7) is 0. The highest BCUT2D eigenvalue weighted by molar-refractivity contribution is 7.80. The van der Waals surface area contributed by atoms with Gasteiger partial charge in [-0.25, -0.2) is 0 Å². The lowest BCUT2D eigenvalue weighted by atomic mass is 10.1. The van der Waals surface area contributed by atoms with Crippen molar-refractivity contribution < 1.29 is 0 Å². The first-order chi connectivity index (χ1) is 9.47. The highest BCUT2D eigenvalue weighted by atomic mass is 35.5. The van der Waals surface area contributed by atoms with Crippen LogP contribution >= 0.6 is 23.8 Å². The molecule has 0 aliphatic carbocycles. The Labute approximate surface area is 129 Å². The smallest absolute Gasteiger partial charge is 0.106 e. The van der Waals surface area contributed by atoms with Crippen LogP contribution in [-0.2, 0) is 0 Å². The zero-order valence-corrected chi connectivity index (χ0v) is 12.9. The van der Waals surface area contributed by atoms with E-state index in [1.54, 1.807) is 6.07 Å². The van der Waals surface area contributed by atoms with Gasteiger partial charge in [0.25, 0.3) is 0 Å². The van der Waals surface area contributed by atoms with E-state index in [2.05, 4.69) is 5.32 Å². The molecule has 0 bridgehead atoms. The molecule has 5 heteroatoms. The molecule has 0 aliphatic heterocycles. The van der Waals surface area contributed by atoms with Gasteiger partial charge in [0, 0.05) is 36.1 Å². The largest absolute Gasteiger partial charge is 0.389 e. The molecule has 0 saturated carbocycles. The van der Waals surface area contributed by atoms with Gasteiger partial charge in [0.1, 0.15) is 4.99 Å². The number of anilines is 3. The molecule has 0 heterocycles. The van der Waals surface area contributed by atoms with Crippen molar-refractivity contribution in [3.8, 4) is 0 Å². The minimum absolute atomic E-state index is 0.342. The van der Waals surface area contributed by atoms with Gasteiger partial charge in [0.15, 0.2) is 0 Å². The maximum atomic E-state index is 6.02. The van der Waals surface area contributed by atoms with Crippen molar-refractivity contribution >= 4 is 45.9 Å². The Morgan fingerprint density at radius 2 is 1.80 bits per heavy atom. The summed E-state index contributed by atoms with van der Waals surface area (Å²) in [4.78, 5) is 2.39. The monoisotopic (exact) mass is 305 g/mol. The first kappa shape index (κ1) is 14.6. The summed E-state index contributed by atoms with van der Waals surface area (Å²) < 4.78 is 0. The minimum atomic E-state index is 0.342. The highest BCUT2D eigenvalue weighted by Crippen LogP contribution is 2.26. The molecule has 3 nitrogen and oxygen atoms in total. The average Bonchev–Trinajstić information content (AvgIpc) is 2.39. The number of halogens is 1. The van der Waals surface area contributed by atoms with E-state index in [0.717, 1.165) is 22.6 Å². The van der Waals surface area contributed by atoms with E-state index < -0.39 is 0 Å². The van der Waals surface area contributed by atoms with E-state index in [4.69, 9.17) is 29.6 Å². The Kier molecular flexibility index (Phi) is 4.47. The molecule has 0 amide bonds. The molecular formula is C15H16ClN3S. The fraction of sp³-hybridized carbons (Fsp3) is 0.133. The Balaban J connectivity index is 2.29. The van der Waals surface area contributed by atoms with E-state index in [9.17, 15) is 0 Å². The summed E-state index contributed by atoms with van der Waals surface area (Å²) in [7, 11) is 4.01. The van der Waals surface area contributed by atoms with Gasteiger partial charge in [-0.2, -0.15) is 0 Å². The highest BCUT2D eigenvalue weighted by Gasteiger charge is 2.06. The Bertz CT molecular complexity index is 624. The lowest BCUT2D eigenvalue weighted by molar-refractivity contribution is 1.13. The van der Waals surface area contributed by atoms with Crippen LogP contribution in [0.1, 0.15) is 5.56 Å². The van der Waals surface area contributed by atoms with Crippen LogP contribution in [0.15, 0.2) is 42.5 Å². The lowest BCUT2D eigenvalue weighted by Gasteiger charge is -2.15. The molecule has 0 unspecified atom stereocenters. The summed E-state index contributed by atoms with van der Waals surface area (Å²) in [6.07, 6.45) is 0. The Morgan fingerprint density at radius 1 is 1.15 bits per heavy atom. The normalized spacial score (nSPS) is 10.2. The quantitative estimate of drug-likeness (QED) is 0.843. The fourth-order valence-electron chi connectivity index (χ4n) is 1.83. The van der Waals surface area contributed by atoms with E-state index >= 15 is 0 Å². The molecule has 0 aromatic heterocycles. The van der Waals surface area contributed by atoms with E-state index in [0.29, 0.717) is 10.0 Å². The molecule has 2 aromatic rings. The molecule has 0 aliphatic rings. The van der Waals surface area contributed by atoms with Crippen LogP contribution in [0, 0.1) is 0 Å². The molecule has 20 heavy (non-hydrogen) atoms. The minimum Gasteiger partial charge on any atom is -0.389 e. The van der Waals surface area contributed by atoms with Gasteiger partial charge in [-0.3, -0.25) is 0 Å². The topological polar surface area (TPSA) is 41.3 Å². The molecule has 2 rings (SSSR count). The van der Waals surface area contributed by atoms with Crippen molar-refractivity contribution in [2.75, 3.05) is 24.3 Å². The van der Waals surface area contributed by atoms with Crippen LogP contribution in [0.3, 0.4) is 0 Å². The standard InChI is InChI=1S/C15H16ClN3S/c1-19(2)12-6-4-11(5-7-12)18-14-9-10(16)3-8-13(14)15(17)20/h3-9,18H,1-2H3,(H2,17,20). The summed E-state index contributed by atoms with van der Waals surface area (Å²) in [5.74, 6) is 0. The third-order valence-electron chi connectivity index (χ3n) is 2.91. The van der Waals surface area contributed by atoms with Crippen molar-refractivity contribution in [1.82, 2.24) is 0 Å². The number of hydrogen-bond donors (Lipinski definition) is 2. The fourth-order valence-corrected chi connectivity index (χ4v) is 2.18. The predicted molar refractivity (Wildman–Crippen MR) is 91.4 cm³/mol. The predicted octanol–water partition coefficient (Wildman–Crippen LogP) is 3.78. The maximum absolute atomic E-state index is 6.02. The van der Waals surface area contributed by atoms with Gasteiger partial charge in [0.05, 0.1) is 5.69 Å². The van der Waals surface area contributed by atoms with E-state index in [1.165, 1.54) is 0 Å². The summed E-state index contributed by atoms with van der Waals surface area (Å²) in [5, 5.41) is 3.93. The molecular weight excluding hydrogens is 290 g/mol. The third-order valence-corrected chi connectivity index (χ3v) is 3.36. The van der Waals surface area contributed by atoms with Crippen molar-refractivity contribution in [3.63, 3.8) is 0 Å². The van der Waals surface area contributed by atoms with Crippen LogP contribution < -0.4 is 16.0 Å². The first-order valence-electron chi connectivity index (χ1n) is 6.11. The number of nitrogens with zero attached hydrogens (tertiary/aromatic N) is 1. The van der Waals surface area contributed by atoms with Crippen LogP contribution in [0.5, 0.6) is 0 Å². The van der Waals surface area contributed by atoms with Crippen molar-refractivity contribution in [1.29, 1.82) is 0 Å². The molecule has 0 atom stereocenters. The second-order valence-electron chi connectivity index (χ2n) is 4.62. The molecule has 3 N–H and O–H groups in total. The molecule has 0 spiro atoms. The first-order valence-corrected chi connectivity index (χ1v) is 6.90.